The lowest BCUT2D eigenvalue weighted by atomic mass is 9.85. The van der Waals surface area contributed by atoms with E-state index in [-0.39, 0.29) is 12.2 Å². The molecule has 0 aromatic carbocycles. The second-order valence-electron chi connectivity index (χ2n) is 11.8. The predicted octanol–water partition coefficient (Wildman–Crippen LogP) is 8.59. The third-order valence-electron chi connectivity index (χ3n) is 8.37. The molecule has 0 heterocycles. The van der Waals surface area contributed by atoms with E-state index in [0.717, 1.165) is 99.1 Å². The van der Waals surface area contributed by atoms with Crippen molar-refractivity contribution in [3.63, 3.8) is 0 Å². The van der Waals surface area contributed by atoms with Gasteiger partial charge in [-0.1, -0.05) is 77.0 Å². The number of carbonyl (C=O) groups excluding carboxylic acids is 1. The van der Waals surface area contributed by atoms with Gasteiger partial charge >= 0.3 is 0 Å². The molecule has 212 valence electrons. The van der Waals surface area contributed by atoms with Gasteiger partial charge in [-0.25, -0.2) is 0 Å². The Bertz CT molecular complexity index is 474. The third-order valence-corrected chi connectivity index (χ3v) is 10.8. The van der Waals surface area contributed by atoms with Crippen LogP contribution in [0.2, 0.25) is 0 Å². The van der Waals surface area contributed by atoms with Crippen LogP contribution in [-0.2, 0) is 4.79 Å². The summed E-state index contributed by atoms with van der Waals surface area (Å²) >= 11 is 3.78. The van der Waals surface area contributed by atoms with E-state index in [1.54, 1.807) is 0 Å². The van der Waals surface area contributed by atoms with Crippen LogP contribution in [0.1, 0.15) is 141 Å². The number of unbranched alkanes of at least 4 members (excludes halogenated alkanes) is 4. The molecule has 0 aromatic rings. The molecule has 2 aliphatic rings. The summed E-state index contributed by atoms with van der Waals surface area (Å²) in [5, 5.41) is 20.4. The molecule has 0 bridgehead atoms. The maximum atomic E-state index is 12.1. The zero-order valence-corrected chi connectivity index (χ0v) is 24.9. The van der Waals surface area contributed by atoms with Crippen LogP contribution in [0.4, 0.5) is 0 Å². The standard InChI is InChI=1S/C31H58O3S2/c32-29(17-9-3-11-23-35-25-30(33)21-19-27-13-5-1-6-14-27)18-10-4-12-24-36-26-31(34)22-20-28-15-7-2-8-16-28/h27-28,30-31,33-34H,1-26H2. The normalized spacial score (nSPS) is 19.4. The van der Waals surface area contributed by atoms with Crippen LogP contribution >= 0.6 is 23.5 Å². The summed E-state index contributed by atoms with van der Waals surface area (Å²) in [7, 11) is 0. The van der Waals surface area contributed by atoms with E-state index in [0.29, 0.717) is 5.78 Å². The van der Waals surface area contributed by atoms with Crippen LogP contribution in [-0.4, -0.2) is 51.2 Å². The Morgan fingerprint density at radius 2 is 1.03 bits per heavy atom. The SMILES string of the molecule is O=C(CCCCCSCC(O)CCC1CCCCC1)CCCCCSCC(O)CCC1CCCCC1. The topological polar surface area (TPSA) is 57.5 Å². The van der Waals surface area contributed by atoms with Crippen molar-refractivity contribution < 1.29 is 15.0 Å². The number of aliphatic hydroxyl groups excluding tert-OH is 2. The fourth-order valence-electron chi connectivity index (χ4n) is 5.94. The zero-order valence-electron chi connectivity index (χ0n) is 23.3. The van der Waals surface area contributed by atoms with Crippen LogP contribution in [0.5, 0.6) is 0 Å². The molecular formula is C31H58O3S2. The molecule has 0 amide bonds. The zero-order chi connectivity index (χ0) is 25.7. The van der Waals surface area contributed by atoms with Gasteiger partial charge in [-0.2, -0.15) is 23.5 Å². The minimum Gasteiger partial charge on any atom is -0.392 e. The molecule has 2 fully saturated rings. The van der Waals surface area contributed by atoms with Gasteiger partial charge in [-0.05, 0) is 74.7 Å². The van der Waals surface area contributed by atoms with E-state index in [2.05, 4.69) is 0 Å². The molecule has 0 aliphatic heterocycles. The number of hydrogen-bond donors (Lipinski definition) is 2. The Morgan fingerprint density at radius 1 is 0.611 bits per heavy atom. The van der Waals surface area contributed by atoms with E-state index in [1.165, 1.54) is 77.0 Å². The second-order valence-corrected chi connectivity index (χ2v) is 14.1. The Kier molecular flexibility index (Phi) is 20.0. The number of aliphatic hydroxyl groups is 2. The minimum atomic E-state index is -0.131. The number of thioether (sulfide) groups is 2. The molecule has 0 saturated heterocycles. The van der Waals surface area contributed by atoms with E-state index in [4.69, 9.17) is 0 Å². The predicted molar refractivity (Wildman–Crippen MR) is 160 cm³/mol. The summed E-state index contributed by atoms with van der Waals surface area (Å²) in [5.74, 6) is 6.16. The van der Waals surface area contributed by atoms with Crippen LogP contribution in [0.3, 0.4) is 0 Å². The summed E-state index contributed by atoms with van der Waals surface area (Å²) in [6.07, 6.45) is 26.2. The maximum Gasteiger partial charge on any atom is 0.132 e. The average Bonchev–Trinajstić information content (AvgIpc) is 2.90. The van der Waals surface area contributed by atoms with Gasteiger partial charge in [0, 0.05) is 24.3 Å². The van der Waals surface area contributed by atoms with Crippen LogP contribution < -0.4 is 0 Å². The lowest BCUT2D eigenvalue weighted by molar-refractivity contribution is -0.119. The van der Waals surface area contributed by atoms with Crippen molar-refractivity contribution in [3.8, 4) is 0 Å². The maximum absolute atomic E-state index is 12.1. The highest BCUT2D eigenvalue weighted by molar-refractivity contribution is 7.99. The number of ketones is 1. The largest absolute Gasteiger partial charge is 0.392 e. The van der Waals surface area contributed by atoms with Crippen molar-refractivity contribution >= 4 is 29.3 Å². The van der Waals surface area contributed by atoms with Crippen LogP contribution in [0.15, 0.2) is 0 Å². The van der Waals surface area contributed by atoms with Gasteiger partial charge in [-0.3, -0.25) is 4.79 Å². The van der Waals surface area contributed by atoms with Gasteiger partial charge in [0.05, 0.1) is 12.2 Å². The first-order chi connectivity index (χ1) is 17.6. The minimum absolute atomic E-state index is 0.131. The molecule has 5 heteroatoms. The first-order valence-corrected chi connectivity index (χ1v) is 18.0. The third kappa shape index (κ3) is 17.7. The number of carbonyl (C=O) groups is 1. The van der Waals surface area contributed by atoms with E-state index >= 15 is 0 Å². The first kappa shape index (κ1) is 32.5. The smallest absolute Gasteiger partial charge is 0.132 e. The molecule has 2 atom stereocenters. The monoisotopic (exact) mass is 542 g/mol. The van der Waals surface area contributed by atoms with Gasteiger partial charge in [0.2, 0.25) is 0 Å². The van der Waals surface area contributed by atoms with Crippen LogP contribution in [0, 0.1) is 11.8 Å². The highest BCUT2D eigenvalue weighted by Gasteiger charge is 2.16. The van der Waals surface area contributed by atoms with Crippen molar-refractivity contribution in [2.75, 3.05) is 23.0 Å². The summed E-state index contributed by atoms with van der Waals surface area (Å²) in [6, 6.07) is 0. The van der Waals surface area contributed by atoms with Gasteiger partial charge < -0.3 is 10.2 Å². The van der Waals surface area contributed by atoms with Crippen molar-refractivity contribution in [1.29, 1.82) is 0 Å². The highest BCUT2D eigenvalue weighted by Crippen LogP contribution is 2.29. The first-order valence-electron chi connectivity index (χ1n) is 15.7. The summed E-state index contributed by atoms with van der Waals surface area (Å²) in [4.78, 5) is 12.1. The molecule has 2 aliphatic carbocycles. The molecule has 2 saturated carbocycles. The number of Topliss-reactive ketones (excluding diaryl/α,β-unsaturated/α-hetero) is 1. The van der Waals surface area contributed by atoms with Gasteiger partial charge in [0.15, 0.2) is 0 Å². The molecule has 3 nitrogen and oxygen atoms in total. The van der Waals surface area contributed by atoms with Gasteiger partial charge in [0.25, 0.3) is 0 Å². The molecule has 2 N–H and O–H groups in total. The summed E-state index contributed by atoms with van der Waals surface area (Å²) in [5.41, 5.74) is 0. The van der Waals surface area contributed by atoms with E-state index < -0.39 is 0 Å². The molecule has 0 spiro atoms. The molecule has 0 radical (unpaired) electrons. The van der Waals surface area contributed by atoms with Gasteiger partial charge in [-0.15, -0.1) is 0 Å². The van der Waals surface area contributed by atoms with Crippen molar-refractivity contribution in [1.82, 2.24) is 0 Å². The average molecular weight is 543 g/mol. The summed E-state index contributed by atoms with van der Waals surface area (Å²) in [6.45, 7) is 0. The number of rotatable bonds is 22. The van der Waals surface area contributed by atoms with E-state index in [1.807, 2.05) is 23.5 Å². The van der Waals surface area contributed by atoms with Crippen molar-refractivity contribution in [2.24, 2.45) is 11.8 Å². The Hall–Kier alpha value is 0.290. The Morgan fingerprint density at radius 3 is 1.44 bits per heavy atom. The molecule has 36 heavy (non-hydrogen) atoms. The van der Waals surface area contributed by atoms with Crippen molar-refractivity contribution in [2.45, 2.75) is 153 Å². The fourth-order valence-corrected chi connectivity index (χ4v) is 7.97. The summed E-state index contributed by atoms with van der Waals surface area (Å²) < 4.78 is 0. The van der Waals surface area contributed by atoms with E-state index in [9.17, 15) is 15.0 Å². The Balaban J connectivity index is 1.28. The van der Waals surface area contributed by atoms with Crippen molar-refractivity contribution in [3.05, 3.63) is 0 Å². The lowest BCUT2D eigenvalue weighted by Gasteiger charge is -2.22. The second kappa shape index (κ2) is 22.1. The quantitative estimate of drug-likeness (QED) is 0.134. The molecule has 2 rings (SSSR count). The Labute approximate surface area is 232 Å². The van der Waals surface area contributed by atoms with Gasteiger partial charge in [0.1, 0.15) is 5.78 Å². The molecule has 0 aromatic heterocycles. The van der Waals surface area contributed by atoms with Crippen LogP contribution in [0.25, 0.3) is 0 Å². The molecular weight excluding hydrogens is 484 g/mol. The highest BCUT2D eigenvalue weighted by atomic mass is 32.2. The fraction of sp³-hybridized carbons (Fsp3) is 0.968. The molecule has 2 unspecified atom stereocenters. The lowest BCUT2D eigenvalue weighted by Crippen LogP contribution is -2.14. The number of hydrogen-bond acceptors (Lipinski definition) is 5.